The molecular weight excluding hydrogens is 416 g/mol. The monoisotopic (exact) mass is 442 g/mol. The minimum absolute atomic E-state index is 0.0752. The van der Waals surface area contributed by atoms with Crippen LogP contribution in [0.4, 0.5) is 17.5 Å². The summed E-state index contributed by atoms with van der Waals surface area (Å²) < 4.78 is 0. The van der Waals surface area contributed by atoms with E-state index >= 15 is 0 Å². The lowest BCUT2D eigenvalue weighted by Gasteiger charge is -2.17. The molecule has 0 unspecified atom stereocenters. The highest BCUT2D eigenvalue weighted by atomic mass is 16.2. The van der Waals surface area contributed by atoms with Crippen molar-refractivity contribution in [1.82, 2.24) is 25.1 Å². The Hall–Kier alpha value is -3.62. The van der Waals surface area contributed by atoms with Gasteiger partial charge in [-0.25, -0.2) is 9.97 Å². The van der Waals surface area contributed by atoms with Crippen LogP contribution >= 0.6 is 0 Å². The van der Waals surface area contributed by atoms with Crippen molar-refractivity contribution in [1.29, 1.82) is 0 Å². The van der Waals surface area contributed by atoms with Gasteiger partial charge in [-0.3, -0.25) is 9.78 Å². The van der Waals surface area contributed by atoms with Crippen molar-refractivity contribution in [2.75, 3.05) is 15.5 Å². The highest BCUT2D eigenvalue weighted by molar-refractivity contribution is 6.08. The first kappa shape index (κ1) is 20.0. The van der Waals surface area contributed by atoms with E-state index in [9.17, 15) is 4.79 Å². The molecule has 2 saturated carbocycles. The maximum Gasteiger partial charge on any atom is 0.277 e. The first-order chi connectivity index (χ1) is 16.1. The van der Waals surface area contributed by atoms with Crippen LogP contribution in [0.1, 0.15) is 60.8 Å². The fourth-order valence-corrected chi connectivity index (χ4v) is 4.67. The van der Waals surface area contributed by atoms with Gasteiger partial charge in [0.05, 0.1) is 30.3 Å². The summed E-state index contributed by atoms with van der Waals surface area (Å²) in [5, 5.41) is 15.6. The van der Waals surface area contributed by atoms with Crippen LogP contribution in [-0.2, 0) is 12.0 Å². The largest absolute Gasteiger partial charge is 0.367 e. The van der Waals surface area contributed by atoms with Crippen LogP contribution in [-0.4, -0.2) is 43.1 Å². The number of carbonyl (C=O) groups excluding carboxylic acids is 1. The Balaban J connectivity index is 1.04. The molecule has 4 heterocycles. The predicted octanol–water partition coefficient (Wildman–Crippen LogP) is 3.32. The molecule has 6 rings (SSSR count). The van der Waals surface area contributed by atoms with E-state index in [0.29, 0.717) is 30.3 Å². The molecule has 0 spiro atoms. The molecule has 3 aromatic rings. The maximum absolute atomic E-state index is 12.6. The number of nitrogens with one attached hydrogen (secondary N) is 2. The molecule has 1 aliphatic heterocycles. The number of hydrogen-bond acceptors (Lipinski definition) is 8. The van der Waals surface area contributed by atoms with Crippen LogP contribution < -0.4 is 15.5 Å². The Bertz CT molecular complexity index is 1180. The number of anilines is 3. The molecule has 0 bridgehead atoms. The van der Waals surface area contributed by atoms with Gasteiger partial charge in [0.15, 0.2) is 0 Å². The smallest absolute Gasteiger partial charge is 0.277 e. The van der Waals surface area contributed by atoms with Crippen LogP contribution in [0.15, 0.2) is 42.9 Å². The molecule has 1 amide bonds. The molecular formula is C24H26N8O. The zero-order chi connectivity index (χ0) is 22.4. The lowest BCUT2D eigenvalue weighted by Crippen LogP contribution is -2.24. The zero-order valence-corrected chi connectivity index (χ0v) is 18.5. The van der Waals surface area contributed by atoms with Crippen molar-refractivity contribution in [3.8, 4) is 0 Å². The van der Waals surface area contributed by atoms with Crippen molar-refractivity contribution in [2.24, 2.45) is 0 Å². The van der Waals surface area contributed by atoms with Gasteiger partial charge in [-0.15, -0.1) is 10.2 Å². The standard InChI is InChI=1S/C24H26N8O/c1-24(8-9-24)19-13-27-23(31-30-19)29-17-5-4-16(11-17)28-20-7-6-18(12-26-20)32-14-15-3-2-10-25-21(15)22(32)33/h2-3,6-7,10,12-13,16-17H,4-5,8-9,11,14H2,1H3,(H,26,28)(H,27,29,31)/t16-,17-/m0/s1. The third-order valence-electron chi connectivity index (χ3n) is 7.02. The van der Waals surface area contributed by atoms with Gasteiger partial charge in [0, 0.05) is 29.3 Å². The van der Waals surface area contributed by atoms with Gasteiger partial charge in [-0.05, 0) is 50.3 Å². The molecule has 2 aliphatic carbocycles. The SMILES string of the molecule is CC1(c2cnc(N[C@H]3CC[C@H](Nc4ccc(N5Cc6cccnc6C5=O)cn4)C3)nn2)CC1. The molecule has 3 aliphatic rings. The molecule has 2 atom stereocenters. The fourth-order valence-electron chi connectivity index (χ4n) is 4.67. The quantitative estimate of drug-likeness (QED) is 0.598. The van der Waals surface area contributed by atoms with Crippen LogP contribution in [0.25, 0.3) is 0 Å². The summed E-state index contributed by atoms with van der Waals surface area (Å²) in [4.78, 5) is 27.6. The summed E-state index contributed by atoms with van der Waals surface area (Å²) >= 11 is 0. The molecule has 168 valence electrons. The number of nitrogens with zero attached hydrogens (tertiary/aromatic N) is 6. The third kappa shape index (κ3) is 3.88. The summed E-state index contributed by atoms with van der Waals surface area (Å²) in [6.07, 6.45) is 10.6. The molecule has 0 aromatic carbocycles. The van der Waals surface area contributed by atoms with Gasteiger partial charge in [-0.2, -0.15) is 0 Å². The van der Waals surface area contributed by atoms with E-state index < -0.39 is 0 Å². The van der Waals surface area contributed by atoms with E-state index in [4.69, 9.17) is 0 Å². The molecule has 0 saturated heterocycles. The maximum atomic E-state index is 12.6. The molecule has 2 N–H and O–H groups in total. The molecule has 9 heteroatoms. The third-order valence-corrected chi connectivity index (χ3v) is 7.02. The minimum Gasteiger partial charge on any atom is -0.367 e. The first-order valence-corrected chi connectivity index (χ1v) is 11.5. The average Bonchev–Trinajstić information content (AvgIpc) is 3.29. The Labute approximate surface area is 192 Å². The summed E-state index contributed by atoms with van der Waals surface area (Å²) in [5.74, 6) is 1.34. The first-order valence-electron chi connectivity index (χ1n) is 11.5. The van der Waals surface area contributed by atoms with E-state index in [1.807, 2.05) is 30.5 Å². The van der Waals surface area contributed by atoms with Crippen molar-refractivity contribution in [3.05, 3.63) is 59.8 Å². The molecule has 2 fully saturated rings. The summed E-state index contributed by atoms with van der Waals surface area (Å²) in [5.41, 5.74) is 3.43. The van der Waals surface area contributed by atoms with Gasteiger partial charge >= 0.3 is 0 Å². The van der Waals surface area contributed by atoms with Gasteiger partial charge in [0.1, 0.15) is 11.5 Å². The van der Waals surface area contributed by atoms with Gasteiger partial charge in [0.2, 0.25) is 5.95 Å². The van der Waals surface area contributed by atoms with Gasteiger partial charge < -0.3 is 15.5 Å². The Morgan fingerprint density at radius 1 is 1.00 bits per heavy atom. The summed E-state index contributed by atoms with van der Waals surface area (Å²) in [6.45, 7) is 2.74. The second-order valence-corrected chi connectivity index (χ2v) is 9.53. The second-order valence-electron chi connectivity index (χ2n) is 9.53. The van der Waals surface area contributed by atoms with E-state index in [0.717, 1.165) is 42.0 Å². The lowest BCUT2D eigenvalue weighted by atomic mass is 10.1. The van der Waals surface area contributed by atoms with Crippen molar-refractivity contribution >= 4 is 23.4 Å². The minimum atomic E-state index is -0.0752. The highest BCUT2D eigenvalue weighted by Gasteiger charge is 2.41. The van der Waals surface area contributed by atoms with E-state index in [-0.39, 0.29) is 11.3 Å². The van der Waals surface area contributed by atoms with Crippen LogP contribution in [0.3, 0.4) is 0 Å². The Morgan fingerprint density at radius 3 is 2.55 bits per heavy atom. The number of aromatic nitrogens is 5. The van der Waals surface area contributed by atoms with Gasteiger partial charge in [0.25, 0.3) is 5.91 Å². The number of pyridine rings is 2. The highest BCUT2D eigenvalue weighted by Crippen LogP contribution is 2.46. The van der Waals surface area contributed by atoms with Crippen molar-refractivity contribution in [2.45, 2.75) is 63.1 Å². The normalized spacial score (nSPS) is 22.8. The molecule has 33 heavy (non-hydrogen) atoms. The molecule has 3 aromatic heterocycles. The number of carbonyl (C=O) groups is 1. The van der Waals surface area contributed by atoms with Crippen LogP contribution in [0.5, 0.6) is 0 Å². The predicted molar refractivity (Wildman–Crippen MR) is 124 cm³/mol. The van der Waals surface area contributed by atoms with E-state index in [1.165, 1.54) is 12.8 Å². The lowest BCUT2D eigenvalue weighted by molar-refractivity contribution is 0.0992. The number of hydrogen-bond donors (Lipinski definition) is 2. The number of fused-ring (bicyclic) bond motifs is 1. The van der Waals surface area contributed by atoms with E-state index in [1.54, 1.807) is 17.3 Å². The average molecular weight is 443 g/mol. The molecule has 0 radical (unpaired) electrons. The fraction of sp³-hybridized carbons (Fsp3) is 0.417. The molecule has 9 nitrogen and oxygen atoms in total. The Kier molecular flexibility index (Phi) is 4.70. The number of amides is 1. The topological polar surface area (TPSA) is 109 Å². The zero-order valence-electron chi connectivity index (χ0n) is 18.5. The summed E-state index contributed by atoms with van der Waals surface area (Å²) in [6, 6.07) is 8.29. The van der Waals surface area contributed by atoms with Crippen LogP contribution in [0, 0.1) is 0 Å². The number of rotatable bonds is 6. The second kappa shape index (κ2) is 7.75. The summed E-state index contributed by atoms with van der Waals surface area (Å²) in [7, 11) is 0. The van der Waals surface area contributed by atoms with Crippen LogP contribution in [0.2, 0.25) is 0 Å². The van der Waals surface area contributed by atoms with E-state index in [2.05, 4.69) is 42.7 Å². The van der Waals surface area contributed by atoms with Crippen molar-refractivity contribution in [3.63, 3.8) is 0 Å². The van der Waals surface area contributed by atoms with Gasteiger partial charge in [-0.1, -0.05) is 13.0 Å². The Morgan fingerprint density at radius 2 is 1.85 bits per heavy atom. The van der Waals surface area contributed by atoms with Crippen molar-refractivity contribution < 1.29 is 4.79 Å².